The third kappa shape index (κ3) is 3.66. The van der Waals surface area contributed by atoms with Gasteiger partial charge in [-0.2, -0.15) is 57.1 Å². The zero-order valence-corrected chi connectivity index (χ0v) is 13.7. The molecular formula is C10H8F13I. The van der Waals surface area contributed by atoms with Crippen LogP contribution >= 0.6 is 22.6 Å². The van der Waals surface area contributed by atoms with Crippen molar-refractivity contribution in [2.45, 2.75) is 59.5 Å². The van der Waals surface area contributed by atoms with Gasteiger partial charge < -0.3 is 0 Å². The number of alkyl halides is 14. The molecule has 0 unspecified atom stereocenters. The van der Waals surface area contributed by atoms with Gasteiger partial charge in [-0.1, -0.05) is 36.4 Å². The molecule has 146 valence electrons. The molecule has 0 aromatic heterocycles. The van der Waals surface area contributed by atoms with E-state index in [0.717, 1.165) is 36.4 Å². The third-order valence-corrected chi connectivity index (χ3v) is 3.02. The first-order valence-corrected chi connectivity index (χ1v) is 6.68. The van der Waals surface area contributed by atoms with Crippen molar-refractivity contribution in [1.29, 1.82) is 0 Å². The van der Waals surface area contributed by atoms with Crippen LogP contribution in [-0.4, -0.2) is 39.2 Å². The van der Waals surface area contributed by atoms with Crippen molar-refractivity contribution in [2.24, 2.45) is 0 Å². The molecule has 0 saturated carbocycles. The monoisotopic (exact) mass is 502 g/mol. The van der Waals surface area contributed by atoms with Gasteiger partial charge in [-0.15, -0.1) is 0 Å². The lowest BCUT2D eigenvalue weighted by Crippen LogP contribution is -2.70. The van der Waals surface area contributed by atoms with Crippen LogP contribution in [0.5, 0.6) is 0 Å². The van der Waals surface area contributed by atoms with E-state index in [-0.39, 0.29) is 0 Å². The van der Waals surface area contributed by atoms with E-state index >= 15 is 0 Å². The van der Waals surface area contributed by atoms with Crippen molar-refractivity contribution in [2.75, 3.05) is 0 Å². The Morgan fingerprint density at radius 3 is 1.08 bits per heavy atom. The molecule has 14 heteroatoms. The molecule has 0 aliphatic carbocycles. The van der Waals surface area contributed by atoms with Gasteiger partial charge in [0.1, 0.15) is 0 Å². The number of rotatable bonds is 6. The molecule has 0 aromatic rings. The summed E-state index contributed by atoms with van der Waals surface area (Å²) < 4.78 is 164. The van der Waals surface area contributed by atoms with E-state index in [2.05, 4.69) is 0 Å². The van der Waals surface area contributed by atoms with Crippen LogP contribution in [0.3, 0.4) is 0 Å². The van der Waals surface area contributed by atoms with Gasteiger partial charge in [0.2, 0.25) is 0 Å². The van der Waals surface area contributed by atoms with Crippen LogP contribution < -0.4 is 0 Å². The maximum absolute atomic E-state index is 13.3. The van der Waals surface area contributed by atoms with Crippen molar-refractivity contribution in [3.8, 4) is 0 Å². The Balaban J connectivity index is 6.21. The molecule has 0 radical (unpaired) electrons. The molecule has 0 heterocycles. The Morgan fingerprint density at radius 1 is 0.542 bits per heavy atom. The molecule has 24 heavy (non-hydrogen) atoms. The highest BCUT2D eigenvalue weighted by Gasteiger charge is 2.90. The van der Waals surface area contributed by atoms with E-state index in [0.29, 0.717) is 0 Å². The molecule has 0 aromatic carbocycles. The number of hydrogen-bond donors (Lipinski definition) is 0. The Hall–Kier alpha value is -0.180. The quantitative estimate of drug-likeness (QED) is 0.227. The van der Waals surface area contributed by atoms with Crippen molar-refractivity contribution in [1.82, 2.24) is 0 Å². The minimum absolute atomic E-state index is 0.790. The molecular weight excluding hydrogens is 494 g/mol. The van der Waals surface area contributed by atoms with Gasteiger partial charge in [0, 0.05) is 9.84 Å². The van der Waals surface area contributed by atoms with Crippen LogP contribution in [-0.2, 0) is 0 Å². The molecule has 0 aliphatic heterocycles. The highest BCUT2D eigenvalue weighted by molar-refractivity contribution is 14.1. The largest absolute Gasteiger partial charge is 0.460 e. The fraction of sp³-hybridized carbons (Fsp3) is 1.00. The average Bonchev–Trinajstić information content (AvgIpc) is 2.22. The maximum atomic E-state index is 13.3. The second kappa shape index (κ2) is 5.93. The van der Waals surface area contributed by atoms with Crippen LogP contribution in [0.25, 0.3) is 0 Å². The van der Waals surface area contributed by atoms with Crippen LogP contribution in [0.4, 0.5) is 57.1 Å². The fourth-order valence-electron chi connectivity index (χ4n) is 1.44. The Morgan fingerprint density at radius 2 is 0.833 bits per heavy atom. The van der Waals surface area contributed by atoms with Crippen molar-refractivity contribution >= 4 is 22.6 Å². The summed E-state index contributed by atoms with van der Waals surface area (Å²) in [5, 5.41) is 0. The molecule has 0 bridgehead atoms. The molecule has 0 spiro atoms. The van der Waals surface area contributed by atoms with Crippen molar-refractivity contribution < 1.29 is 57.1 Å². The predicted octanol–water partition coefficient (Wildman–Crippen LogP) is 6.33. The first kappa shape index (κ1) is 23.8. The zero-order valence-electron chi connectivity index (χ0n) is 11.5. The van der Waals surface area contributed by atoms with Crippen LogP contribution in [0.2, 0.25) is 0 Å². The maximum Gasteiger partial charge on any atom is 0.460 e. The third-order valence-electron chi connectivity index (χ3n) is 2.64. The molecule has 0 aliphatic rings. The molecule has 0 N–H and O–H groups in total. The van der Waals surface area contributed by atoms with Crippen molar-refractivity contribution in [3.63, 3.8) is 0 Å². The standard InChI is InChI=1S/C10H8F13I/c1-4(2,24)3-5(11,12)6(13,14)7(15,16)8(17,18)9(19,20)10(21,22)23/h3H2,1-2H3. The lowest BCUT2D eigenvalue weighted by atomic mass is 9.90. The molecule has 0 saturated heterocycles. The fourth-order valence-corrected chi connectivity index (χ4v) is 1.92. The molecule has 0 rings (SSSR count). The smallest absolute Gasteiger partial charge is 0.200 e. The van der Waals surface area contributed by atoms with E-state index in [1.54, 1.807) is 0 Å². The lowest BCUT2D eigenvalue weighted by Gasteiger charge is -2.40. The molecule has 0 nitrogen and oxygen atoms in total. The predicted molar refractivity (Wildman–Crippen MR) is 63.5 cm³/mol. The summed E-state index contributed by atoms with van der Waals surface area (Å²) in [5.74, 6) is -36.4. The van der Waals surface area contributed by atoms with E-state index < -0.39 is 45.6 Å². The zero-order chi connectivity index (χ0) is 20.2. The van der Waals surface area contributed by atoms with E-state index in [1.807, 2.05) is 0 Å². The Bertz CT molecular complexity index is 456. The number of halogens is 14. The summed E-state index contributed by atoms with van der Waals surface area (Å²) in [7, 11) is 0. The van der Waals surface area contributed by atoms with Gasteiger partial charge in [0.25, 0.3) is 0 Å². The highest BCUT2D eigenvalue weighted by Crippen LogP contribution is 2.61. The average molecular weight is 502 g/mol. The molecule has 0 fully saturated rings. The van der Waals surface area contributed by atoms with Crippen LogP contribution in [0.1, 0.15) is 20.3 Å². The number of hydrogen-bond acceptors (Lipinski definition) is 0. The van der Waals surface area contributed by atoms with Gasteiger partial charge in [-0.3, -0.25) is 0 Å². The van der Waals surface area contributed by atoms with Gasteiger partial charge in [0.15, 0.2) is 0 Å². The Labute approximate surface area is 139 Å². The lowest BCUT2D eigenvalue weighted by molar-refractivity contribution is -0.440. The molecule has 0 amide bonds. The summed E-state index contributed by atoms with van der Waals surface area (Å²) in [6.07, 6.45) is -9.58. The summed E-state index contributed by atoms with van der Waals surface area (Å²) in [6.45, 7) is 1.58. The highest BCUT2D eigenvalue weighted by atomic mass is 127. The minimum Gasteiger partial charge on any atom is -0.200 e. The van der Waals surface area contributed by atoms with Crippen molar-refractivity contribution in [3.05, 3.63) is 0 Å². The normalized spacial score (nSPS) is 16.5. The molecule has 0 atom stereocenters. The summed E-state index contributed by atoms with van der Waals surface area (Å²) in [6, 6.07) is 0. The van der Waals surface area contributed by atoms with Crippen LogP contribution in [0, 0.1) is 0 Å². The SMILES string of the molecule is CC(C)(I)CC(F)(F)C(F)(F)C(F)(F)C(F)(F)C(F)(F)C(F)(F)F. The second-order valence-corrected chi connectivity index (χ2v) is 8.32. The van der Waals surface area contributed by atoms with Gasteiger partial charge in [-0.25, -0.2) is 0 Å². The first-order chi connectivity index (χ1) is 9.96. The van der Waals surface area contributed by atoms with Crippen LogP contribution in [0.15, 0.2) is 0 Å². The second-order valence-electron chi connectivity index (χ2n) is 5.40. The summed E-state index contributed by atoms with van der Waals surface area (Å²) in [4.78, 5) is 0. The summed E-state index contributed by atoms with van der Waals surface area (Å²) in [5.41, 5.74) is 0. The van der Waals surface area contributed by atoms with Gasteiger partial charge >= 0.3 is 35.8 Å². The van der Waals surface area contributed by atoms with Gasteiger partial charge in [0.05, 0.1) is 0 Å². The Kier molecular flexibility index (Phi) is 5.88. The minimum atomic E-state index is -7.83. The topological polar surface area (TPSA) is 0 Å². The van der Waals surface area contributed by atoms with E-state index in [9.17, 15) is 57.1 Å². The van der Waals surface area contributed by atoms with Gasteiger partial charge in [-0.05, 0) is 0 Å². The first-order valence-electron chi connectivity index (χ1n) is 5.60. The summed E-state index contributed by atoms with van der Waals surface area (Å²) >= 11 is 1.05. The van der Waals surface area contributed by atoms with E-state index in [1.165, 1.54) is 0 Å². The van der Waals surface area contributed by atoms with E-state index in [4.69, 9.17) is 0 Å².